The summed E-state index contributed by atoms with van der Waals surface area (Å²) < 4.78 is 42.9. The lowest BCUT2D eigenvalue weighted by Gasteiger charge is -2.23. The Kier molecular flexibility index (Phi) is 13.0. The van der Waals surface area contributed by atoms with Gasteiger partial charge in [-0.3, -0.25) is 0 Å². The molecular formula is C58H47NO11. The monoisotopic (exact) mass is 933 g/mol. The number of carbonyl (C=O) groups excluding carboxylic acids is 3. The van der Waals surface area contributed by atoms with E-state index in [4.69, 9.17) is 32.8 Å². The summed E-state index contributed by atoms with van der Waals surface area (Å²) in [5.41, 5.74) is 8.74. The van der Waals surface area contributed by atoms with Gasteiger partial charge in [0.2, 0.25) is 0 Å². The molecule has 0 radical (unpaired) electrons. The van der Waals surface area contributed by atoms with Crippen LogP contribution >= 0.6 is 0 Å². The maximum atomic E-state index is 14.5. The van der Waals surface area contributed by atoms with Crippen LogP contribution in [0.4, 0.5) is 0 Å². The summed E-state index contributed by atoms with van der Waals surface area (Å²) in [4.78, 5) is 54.2. The van der Waals surface area contributed by atoms with Crippen molar-refractivity contribution in [1.29, 1.82) is 0 Å². The summed E-state index contributed by atoms with van der Waals surface area (Å²) in [6.45, 7) is 6.30. The summed E-state index contributed by atoms with van der Waals surface area (Å²) >= 11 is 0. The minimum absolute atomic E-state index is 0.0335. The van der Waals surface area contributed by atoms with E-state index in [0.717, 1.165) is 38.9 Å². The summed E-state index contributed by atoms with van der Waals surface area (Å²) in [6, 6.07) is 34.9. The molecule has 0 amide bonds. The number of hydrogen-bond acceptors (Lipinski definition) is 11. The fourth-order valence-corrected chi connectivity index (χ4v) is 8.45. The normalized spacial score (nSPS) is 12.1. The van der Waals surface area contributed by atoms with Gasteiger partial charge in [0.1, 0.15) is 11.1 Å². The quantitative estimate of drug-likeness (QED) is 0.0472. The zero-order valence-electron chi connectivity index (χ0n) is 39.3. The minimum atomic E-state index is -0.672. The third-order valence-electron chi connectivity index (χ3n) is 12.0. The summed E-state index contributed by atoms with van der Waals surface area (Å²) in [6.07, 6.45) is 9.45. The molecule has 12 heteroatoms. The van der Waals surface area contributed by atoms with E-state index in [2.05, 4.69) is 0 Å². The molecule has 70 heavy (non-hydrogen) atoms. The van der Waals surface area contributed by atoms with Gasteiger partial charge in [-0.15, -0.1) is 0 Å². The molecule has 1 aliphatic rings. The number of methoxy groups -OCH3 is 3. The SMILES string of the molecule is COc1cc(-c2c3n(c4c(=O)oc5cc(OC(=O)C=Cc6ccc(C)cc6)c(OC)cc5c24)CCc2cc(OC)c(OC(=O)C=Cc4ccc(C)cc4)cc2-3)ccc1OC(=O)C=Cc1ccc(C)cc1. The van der Waals surface area contributed by atoms with Crippen molar-refractivity contribution >= 4 is 58.0 Å². The van der Waals surface area contributed by atoms with Crippen LogP contribution in [0.3, 0.4) is 0 Å². The van der Waals surface area contributed by atoms with E-state index in [0.29, 0.717) is 51.9 Å². The molecule has 0 bridgehead atoms. The molecule has 1 aliphatic heterocycles. The average molecular weight is 934 g/mol. The first-order valence-electron chi connectivity index (χ1n) is 22.4. The molecule has 9 rings (SSSR count). The van der Waals surface area contributed by atoms with Gasteiger partial charge >= 0.3 is 23.5 Å². The number of ether oxygens (including phenoxy) is 6. The van der Waals surface area contributed by atoms with Gasteiger partial charge in [0.05, 0.1) is 27.0 Å². The lowest BCUT2D eigenvalue weighted by Crippen LogP contribution is -2.15. The average Bonchev–Trinajstić information content (AvgIpc) is 3.72. The highest BCUT2D eigenvalue weighted by Crippen LogP contribution is 2.50. The maximum absolute atomic E-state index is 14.5. The molecule has 2 aromatic heterocycles. The van der Waals surface area contributed by atoms with Crippen molar-refractivity contribution in [2.24, 2.45) is 0 Å². The lowest BCUT2D eigenvalue weighted by molar-refractivity contribution is -0.129. The first-order valence-corrected chi connectivity index (χ1v) is 22.4. The zero-order chi connectivity index (χ0) is 49.1. The molecule has 8 aromatic rings. The van der Waals surface area contributed by atoms with Crippen LogP contribution in [0, 0.1) is 20.8 Å². The second-order valence-corrected chi connectivity index (χ2v) is 16.8. The number of aromatic nitrogens is 1. The Morgan fingerprint density at radius 2 is 1.01 bits per heavy atom. The van der Waals surface area contributed by atoms with Crippen molar-refractivity contribution in [2.75, 3.05) is 21.3 Å². The summed E-state index contributed by atoms with van der Waals surface area (Å²) in [5, 5.41) is 0.963. The second kappa shape index (κ2) is 19.7. The van der Waals surface area contributed by atoms with Crippen LogP contribution in [0.15, 0.2) is 143 Å². The minimum Gasteiger partial charge on any atom is -0.493 e. The maximum Gasteiger partial charge on any atom is 0.361 e. The van der Waals surface area contributed by atoms with E-state index < -0.39 is 23.5 Å². The number of hydrogen-bond donors (Lipinski definition) is 0. The van der Waals surface area contributed by atoms with Gasteiger partial charge in [0.15, 0.2) is 34.5 Å². The Morgan fingerprint density at radius 3 is 1.53 bits per heavy atom. The molecule has 0 aliphatic carbocycles. The van der Waals surface area contributed by atoms with Crippen molar-refractivity contribution in [3.8, 4) is 56.9 Å². The Balaban J connectivity index is 1.18. The van der Waals surface area contributed by atoms with Crippen molar-refractivity contribution in [3.05, 3.63) is 183 Å². The van der Waals surface area contributed by atoms with Crippen LogP contribution < -0.4 is 34.0 Å². The largest absolute Gasteiger partial charge is 0.493 e. The van der Waals surface area contributed by atoms with Gasteiger partial charge in [-0.1, -0.05) is 95.6 Å². The number of aryl methyl sites for hydroxylation is 5. The van der Waals surface area contributed by atoms with Crippen LogP contribution in [-0.2, 0) is 27.3 Å². The van der Waals surface area contributed by atoms with Crippen molar-refractivity contribution in [3.63, 3.8) is 0 Å². The zero-order valence-corrected chi connectivity index (χ0v) is 39.3. The molecule has 0 fully saturated rings. The van der Waals surface area contributed by atoms with Crippen LogP contribution in [0.5, 0.6) is 34.5 Å². The van der Waals surface area contributed by atoms with Gasteiger partial charge in [-0.2, -0.15) is 0 Å². The molecular weight excluding hydrogens is 887 g/mol. The van der Waals surface area contributed by atoms with Crippen LogP contribution in [0.25, 0.3) is 62.5 Å². The number of rotatable bonds is 13. The number of esters is 3. The van der Waals surface area contributed by atoms with Crippen LogP contribution in [0.1, 0.15) is 38.9 Å². The van der Waals surface area contributed by atoms with E-state index in [1.165, 1.54) is 45.6 Å². The summed E-state index contributed by atoms with van der Waals surface area (Å²) in [7, 11) is 4.42. The lowest BCUT2D eigenvalue weighted by atomic mass is 9.91. The van der Waals surface area contributed by atoms with Gasteiger partial charge < -0.3 is 37.4 Å². The molecule has 6 aromatic carbocycles. The molecule has 0 saturated carbocycles. The third-order valence-corrected chi connectivity index (χ3v) is 12.0. The highest BCUT2D eigenvalue weighted by molar-refractivity contribution is 6.17. The predicted molar refractivity (Wildman–Crippen MR) is 270 cm³/mol. The van der Waals surface area contributed by atoms with Crippen molar-refractivity contribution in [2.45, 2.75) is 33.7 Å². The summed E-state index contributed by atoms with van der Waals surface area (Å²) in [5.74, 6) is -0.780. The predicted octanol–water partition coefficient (Wildman–Crippen LogP) is 11.4. The Labute approximate surface area is 403 Å². The van der Waals surface area contributed by atoms with E-state index >= 15 is 0 Å². The third kappa shape index (κ3) is 9.61. The van der Waals surface area contributed by atoms with E-state index in [1.807, 2.05) is 104 Å². The molecule has 0 spiro atoms. The Hall–Kier alpha value is -8.90. The fourth-order valence-electron chi connectivity index (χ4n) is 8.45. The van der Waals surface area contributed by atoms with Gasteiger partial charge in [-0.05, 0) is 104 Å². The molecule has 12 nitrogen and oxygen atoms in total. The fraction of sp³-hybridized carbons (Fsp3) is 0.138. The molecule has 0 atom stereocenters. The number of nitrogens with zero attached hydrogens (tertiary/aromatic N) is 1. The Bertz CT molecular complexity index is 3500. The molecule has 0 saturated heterocycles. The smallest absolute Gasteiger partial charge is 0.361 e. The number of fused-ring (bicyclic) bond motifs is 7. The number of benzene rings is 6. The first-order chi connectivity index (χ1) is 33.9. The molecule has 0 N–H and O–H groups in total. The molecule has 3 heterocycles. The van der Waals surface area contributed by atoms with Gasteiger partial charge in [0.25, 0.3) is 0 Å². The van der Waals surface area contributed by atoms with Crippen molar-refractivity contribution < 1.29 is 47.2 Å². The van der Waals surface area contributed by atoms with Gasteiger partial charge in [0, 0.05) is 52.7 Å². The Morgan fingerprint density at radius 1 is 0.543 bits per heavy atom. The van der Waals surface area contributed by atoms with E-state index in [1.54, 1.807) is 48.6 Å². The number of carbonyl (C=O) groups is 3. The standard InChI is InChI=1S/C58H47NO11/c1-34-7-13-37(14-8-34)19-24-51(60)67-44-23-22-41(30-46(44)64-4)54-55-43-32-48(66-6)50(69-53(62)26-21-39-17-11-36(3)12-18-39)33-45(43)70-58(63)57(55)59-28-27-40-29-47(65-5)49(31-42(40)56(54)59)68-52(61)25-20-38-15-9-35(2)10-16-38/h7-26,29-33H,27-28H2,1-6H3. The second-order valence-electron chi connectivity index (χ2n) is 16.8. The van der Waals surface area contributed by atoms with Crippen LogP contribution in [0.2, 0.25) is 0 Å². The van der Waals surface area contributed by atoms with Crippen molar-refractivity contribution in [1.82, 2.24) is 4.57 Å². The first kappa shape index (κ1) is 46.2. The molecule has 0 unspecified atom stereocenters. The topological polar surface area (TPSA) is 142 Å². The van der Waals surface area contributed by atoms with E-state index in [9.17, 15) is 19.2 Å². The van der Waals surface area contributed by atoms with Crippen LogP contribution in [-0.4, -0.2) is 43.8 Å². The highest BCUT2D eigenvalue weighted by Gasteiger charge is 2.32. The highest BCUT2D eigenvalue weighted by atomic mass is 16.6. The molecule has 350 valence electrons. The van der Waals surface area contributed by atoms with Gasteiger partial charge in [-0.25, -0.2) is 19.2 Å². The van der Waals surface area contributed by atoms with E-state index in [-0.39, 0.29) is 39.8 Å².